The van der Waals surface area contributed by atoms with Crippen LogP contribution in [0.25, 0.3) is 0 Å². The molecule has 1 atom stereocenters. The van der Waals surface area contributed by atoms with Gasteiger partial charge in [0.1, 0.15) is 18.2 Å². The number of nitrogens with zero attached hydrogens (tertiary/aromatic N) is 1. The predicted octanol–water partition coefficient (Wildman–Crippen LogP) is 4.09. The van der Waals surface area contributed by atoms with E-state index >= 15 is 0 Å². The van der Waals surface area contributed by atoms with Crippen molar-refractivity contribution < 1.29 is 19.1 Å². The molecule has 5 nitrogen and oxygen atoms in total. The zero-order chi connectivity index (χ0) is 19.4. The first-order valence-corrected chi connectivity index (χ1v) is 9.10. The van der Waals surface area contributed by atoms with Crippen LogP contribution in [0.1, 0.15) is 37.5 Å². The second-order valence-electron chi connectivity index (χ2n) is 7.69. The average Bonchev–Trinajstić information content (AvgIpc) is 2.64. The van der Waals surface area contributed by atoms with Crippen molar-refractivity contribution in [2.75, 3.05) is 0 Å². The summed E-state index contributed by atoms with van der Waals surface area (Å²) >= 11 is 0. The van der Waals surface area contributed by atoms with Gasteiger partial charge in [-0.05, 0) is 37.5 Å². The summed E-state index contributed by atoms with van der Waals surface area (Å²) in [5.74, 6) is -0.417. The van der Waals surface area contributed by atoms with Gasteiger partial charge in [0, 0.05) is 6.42 Å². The van der Waals surface area contributed by atoms with E-state index in [1.54, 1.807) is 0 Å². The molecule has 5 heteroatoms. The minimum atomic E-state index is -0.696. The zero-order valence-electron chi connectivity index (χ0n) is 16.0. The number of ether oxygens (including phenoxy) is 2. The summed E-state index contributed by atoms with van der Waals surface area (Å²) in [6.45, 7) is 5.94. The van der Waals surface area contributed by atoms with Crippen molar-refractivity contribution in [2.24, 2.45) is 0 Å². The smallest absolute Gasteiger partial charge is 0.411 e. The number of hydrogen-bond donors (Lipinski definition) is 0. The molecule has 1 aliphatic heterocycles. The lowest BCUT2D eigenvalue weighted by Crippen LogP contribution is -2.50. The lowest BCUT2D eigenvalue weighted by molar-refractivity contribution is -0.151. The van der Waals surface area contributed by atoms with Crippen LogP contribution in [0.15, 0.2) is 54.6 Å². The fourth-order valence-corrected chi connectivity index (χ4v) is 3.07. The molecule has 0 saturated carbocycles. The van der Waals surface area contributed by atoms with Crippen LogP contribution in [0.5, 0.6) is 0 Å². The van der Waals surface area contributed by atoms with Crippen LogP contribution < -0.4 is 0 Å². The molecule has 0 spiro atoms. The zero-order valence-corrected chi connectivity index (χ0v) is 16.0. The van der Waals surface area contributed by atoms with Gasteiger partial charge >= 0.3 is 12.1 Å². The lowest BCUT2D eigenvalue weighted by Gasteiger charge is -2.36. The Hall–Kier alpha value is -2.82. The monoisotopic (exact) mass is 367 g/mol. The number of esters is 1. The Morgan fingerprint density at radius 1 is 1.00 bits per heavy atom. The van der Waals surface area contributed by atoms with Crippen molar-refractivity contribution in [3.63, 3.8) is 0 Å². The SMILES string of the molecule is CC(C)(C)OC(=O)N1Cc2ccccc2C[C@@H]1C(=O)OCc1ccccc1. The molecular formula is C22H25NO4. The van der Waals surface area contributed by atoms with Crippen LogP contribution in [0.4, 0.5) is 4.79 Å². The number of carbonyl (C=O) groups is 2. The average molecular weight is 367 g/mol. The molecule has 0 saturated heterocycles. The fourth-order valence-electron chi connectivity index (χ4n) is 3.07. The summed E-state index contributed by atoms with van der Waals surface area (Å²) in [4.78, 5) is 27.0. The van der Waals surface area contributed by atoms with Crippen molar-refractivity contribution in [3.8, 4) is 0 Å². The molecule has 142 valence electrons. The Morgan fingerprint density at radius 3 is 2.30 bits per heavy atom. The van der Waals surface area contributed by atoms with Crippen molar-refractivity contribution in [2.45, 2.75) is 52.0 Å². The minimum Gasteiger partial charge on any atom is -0.459 e. The van der Waals surface area contributed by atoms with Crippen molar-refractivity contribution in [3.05, 3.63) is 71.3 Å². The van der Waals surface area contributed by atoms with Crippen LogP contribution in [0, 0.1) is 0 Å². The normalized spacial score (nSPS) is 16.4. The fraction of sp³-hybridized carbons (Fsp3) is 0.364. The maximum atomic E-state index is 12.8. The number of hydrogen-bond acceptors (Lipinski definition) is 4. The molecule has 1 heterocycles. The summed E-state index contributed by atoms with van der Waals surface area (Å²) in [5.41, 5.74) is 2.35. The van der Waals surface area contributed by atoms with Gasteiger partial charge < -0.3 is 9.47 Å². The maximum absolute atomic E-state index is 12.8. The van der Waals surface area contributed by atoms with Gasteiger partial charge in [0.15, 0.2) is 0 Å². The Labute approximate surface area is 159 Å². The van der Waals surface area contributed by atoms with Crippen molar-refractivity contribution >= 4 is 12.1 Å². The van der Waals surface area contributed by atoms with E-state index in [1.807, 2.05) is 75.4 Å². The summed E-state index contributed by atoms with van der Waals surface area (Å²) in [6, 6.07) is 16.6. The maximum Gasteiger partial charge on any atom is 0.411 e. The van der Waals surface area contributed by atoms with Crippen molar-refractivity contribution in [1.29, 1.82) is 0 Å². The van der Waals surface area contributed by atoms with E-state index in [0.29, 0.717) is 13.0 Å². The van der Waals surface area contributed by atoms with Crippen LogP contribution in [0.2, 0.25) is 0 Å². The standard InChI is InChI=1S/C22H25NO4/c1-22(2,3)27-21(25)23-14-18-12-8-7-11-17(18)13-19(23)20(24)26-15-16-9-5-4-6-10-16/h4-12,19H,13-15H2,1-3H3/t19-/m1/s1. The third-order valence-corrected chi connectivity index (χ3v) is 4.37. The first-order valence-electron chi connectivity index (χ1n) is 9.10. The van der Waals surface area contributed by atoms with Gasteiger partial charge in [-0.3, -0.25) is 4.90 Å². The van der Waals surface area contributed by atoms with Crippen LogP contribution in [-0.4, -0.2) is 28.6 Å². The molecule has 0 unspecified atom stereocenters. The van der Waals surface area contributed by atoms with E-state index in [9.17, 15) is 9.59 Å². The Kier molecular flexibility index (Phi) is 5.49. The Balaban J connectivity index is 1.78. The van der Waals surface area contributed by atoms with Gasteiger partial charge in [0.05, 0.1) is 6.54 Å². The number of benzene rings is 2. The topological polar surface area (TPSA) is 55.8 Å². The molecule has 27 heavy (non-hydrogen) atoms. The molecule has 0 aliphatic carbocycles. The highest BCUT2D eigenvalue weighted by Gasteiger charge is 2.37. The highest BCUT2D eigenvalue weighted by molar-refractivity contribution is 5.82. The van der Waals surface area contributed by atoms with Crippen LogP contribution in [-0.2, 0) is 33.8 Å². The van der Waals surface area contributed by atoms with Gasteiger partial charge in [0.25, 0.3) is 0 Å². The molecule has 0 bridgehead atoms. The van der Waals surface area contributed by atoms with E-state index in [4.69, 9.17) is 9.47 Å². The van der Waals surface area contributed by atoms with Crippen molar-refractivity contribution in [1.82, 2.24) is 4.90 Å². The minimum absolute atomic E-state index is 0.181. The third kappa shape index (κ3) is 4.88. The van der Waals surface area contributed by atoms with Gasteiger partial charge in [-0.15, -0.1) is 0 Å². The lowest BCUT2D eigenvalue weighted by atomic mass is 9.94. The molecule has 0 aromatic heterocycles. The van der Waals surface area contributed by atoms with E-state index in [0.717, 1.165) is 16.7 Å². The van der Waals surface area contributed by atoms with E-state index in [-0.39, 0.29) is 6.61 Å². The van der Waals surface area contributed by atoms with Gasteiger partial charge in [-0.1, -0.05) is 54.6 Å². The highest BCUT2D eigenvalue weighted by atomic mass is 16.6. The van der Waals surface area contributed by atoms with Gasteiger partial charge in [-0.2, -0.15) is 0 Å². The number of fused-ring (bicyclic) bond motifs is 1. The molecule has 0 fully saturated rings. The first kappa shape index (κ1) is 19.0. The highest BCUT2D eigenvalue weighted by Crippen LogP contribution is 2.26. The second-order valence-corrected chi connectivity index (χ2v) is 7.69. The molecule has 1 amide bonds. The number of rotatable bonds is 3. The molecule has 1 aliphatic rings. The van der Waals surface area contributed by atoms with E-state index < -0.39 is 23.7 Å². The number of carbonyl (C=O) groups excluding carboxylic acids is 2. The van der Waals surface area contributed by atoms with Gasteiger partial charge in [0.2, 0.25) is 0 Å². The van der Waals surface area contributed by atoms with E-state index in [2.05, 4.69) is 0 Å². The molecular weight excluding hydrogens is 342 g/mol. The van der Waals surface area contributed by atoms with Crippen LogP contribution in [0.3, 0.4) is 0 Å². The molecule has 2 aromatic rings. The number of amides is 1. The van der Waals surface area contributed by atoms with Crippen LogP contribution >= 0.6 is 0 Å². The summed E-state index contributed by atoms with van der Waals surface area (Å²) in [5, 5.41) is 0. The summed E-state index contributed by atoms with van der Waals surface area (Å²) in [7, 11) is 0. The second kappa shape index (κ2) is 7.82. The van der Waals surface area contributed by atoms with E-state index in [1.165, 1.54) is 4.90 Å². The third-order valence-electron chi connectivity index (χ3n) is 4.37. The van der Waals surface area contributed by atoms with Gasteiger partial charge in [-0.25, -0.2) is 9.59 Å². The predicted molar refractivity (Wildman–Crippen MR) is 102 cm³/mol. The molecule has 0 N–H and O–H groups in total. The quantitative estimate of drug-likeness (QED) is 0.767. The largest absolute Gasteiger partial charge is 0.459 e. The summed E-state index contributed by atoms with van der Waals surface area (Å²) in [6.07, 6.45) is -0.0816. The first-order chi connectivity index (χ1) is 12.8. The summed E-state index contributed by atoms with van der Waals surface area (Å²) < 4.78 is 11.0. The molecule has 2 aromatic carbocycles. The Bertz CT molecular complexity index is 811. The molecule has 0 radical (unpaired) electrons. The Morgan fingerprint density at radius 2 is 1.63 bits per heavy atom. The molecule has 3 rings (SSSR count).